The molecule has 0 radical (unpaired) electrons. The topological polar surface area (TPSA) is 95.4 Å². The first-order chi connectivity index (χ1) is 16.2. The Morgan fingerprint density at radius 1 is 1.24 bits per heavy atom. The molecule has 3 atom stereocenters. The average Bonchev–Trinajstić information content (AvgIpc) is 3.52. The summed E-state index contributed by atoms with van der Waals surface area (Å²) in [6, 6.07) is 9.29. The van der Waals surface area contributed by atoms with Crippen molar-refractivity contribution in [3.8, 4) is 10.4 Å². The molecule has 3 aromatic rings. The third-order valence-corrected chi connectivity index (χ3v) is 8.12. The van der Waals surface area contributed by atoms with Gasteiger partial charge in [-0.15, -0.1) is 11.3 Å². The Morgan fingerprint density at radius 3 is 2.56 bits per heavy atom. The fraction of sp³-hybridized carbons (Fsp3) is 0.440. The molecule has 0 unspecified atom stereocenters. The molecule has 1 fully saturated rings. The van der Waals surface area contributed by atoms with Crippen LogP contribution in [0.4, 0.5) is 0 Å². The molecule has 34 heavy (non-hydrogen) atoms. The van der Waals surface area contributed by atoms with E-state index in [2.05, 4.69) is 14.7 Å². The molecule has 3 heterocycles. The van der Waals surface area contributed by atoms with E-state index in [-0.39, 0.29) is 36.6 Å². The number of likely N-dealkylation sites (tertiary alicyclic amines) is 1. The highest BCUT2D eigenvalue weighted by Crippen LogP contribution is 2.33. The molecule has 1 aliphatic heterocycles. The number of aliphatic hydroxyl groups excluding tert-OH is 1. The zero-order valence-corrected chi connectivity index (χ0v) is 21.4. The number of carbonyl (C=O) groups excluding carboxylic acids is 2. The van der Waals surface area contributed by atoms with E-state index in [0.717, 1.165) is 32.3 Å². The second kappa shape index (κ2) is 10.3. The number of hydrogen-bond acceptors (Lipinski definition) is 7. The second-order valence-corrected chi connectivity index (χ2v) is 10.9. The Bertz CT molecular complexity index is 1160. The van der Waals surface area contributed by atoms with Crippen LogP contribution in [-0.2, 0) is 16.1 Å². The minimum absolute atomic E-state index is 0.0505. The van der Waals surface area contributed by atoms with E-state index in [9.17, 15) is 14.7 Å². The van der Waals surface area contributed by atoms with Crippen LogP contribution in [0.2, 0.25) is 0 Å². The van der Waals surface area contributed by atoms with Crippen LogP contribution < -0.4 is 5.32 Å². The van der Waals surface area contributed by atoms with Crippen LogP contribution >= 0.6 is 22.9 Å². The third-order valence-electron chi connectivity index (χ3n) is 6.18. The van der Waals surface area contributed by atoms with E-state index in [1.807, 2.05) is 63.5 Å². The van der Waals surface area contributed by atoms with Crippen molar-refractivity contribution in [3.05, 3.63) is 57.7 Å². The van der Waals surface area contributed by atoms with Crippen molar-refractivity contribution < 1.29 is 14.7 Å². The van der Waals surface area contributed by atoms with Crippen LogP contribution in [0.25, 0.3) is 10.4 Å². The molecule has 9 heteroatoms. The second-order valence-electron chi connectivity index (χ2n) is 9.17. The number of hydrogen-bond donors (Lipinski definition) is 2. The van der Waals surface area contributed by atoms with E-state index in [4.69, 9.17) is 0 Å². The molecule has 7 nitrogen and oxygen atoms in total. The molecule has 2 amide bonds. The van der Waals surface area contributed by atoms with Gasteiger partial charge in [0.25, 0.3) is 0 Å². The number of amides is 2. The molecule has 1 aliphatic rings. The summed E-state index contributed by atoms with van der Waals surface area (Å²) in [5.41, 5.74) is 5.79. The number of benzene rings is 1. The summed E-state index contributed by atoms with van der Waals surface area (Å²) in [4.78, 5) is 34.5. The van der Waals surface area contributed by atoms with Crippen LogP contribution in [0.3, 0.4) is 0 Å². The first-order valence-electron chi connectivity index (χ1n) is 11.4. The van der Waals surface area contributed by atoms with Crippen molar-refractivity contribution in [3.63, 3.8) is 0 Å². The lowest BCUT2D eigenvalue weighted by atomic mass is 9.92. The molecule has 2 N–H and O–H groups in total. The molecule has 180 valence electrons. The van der Waals surface area contributed by atoms with Gasteiger partial charge in [-0.3, -0.25) is 9.59 Å². The van der Waals surface area contributed by atoms with Gasteiger partial charge in [-0.05, 0) is 48.5 Å². The fourth-order valence-corrected chi connectivity index (χ4v) is 6.23. The van der Waals surface area contributed by atoms with Gasteiger partial charge in [-0.2, -0.15) is 4.37 Å². The van der Waals surface area contributed by atoms with Gasteiger partial charge in [0, 0.05) is 24.4 Å². The molecule has 2 aromatic heterocycles. The third kappa shape index (κ3) is 5.21. The van der Waals surface area contributed by atoms with Crippen molar-refractivity contribution >= 4 is 34.7 Å². The average molecular weight is 499 g/mol. The van der Waals surface area contributed by atoms with Gasteiger partial charge in [-0.25, -0.2) is 4.98 Å². The van der Waals surface area contributed by atoms with Crippen LogP contribution in [0.1, 0.15) is 48.0 Å². The Balaban J connectivity index is 1.43. The van der Waals surface area contributed by atoms with Crippen LogP contribution in [-0.4, -0.2) is 49.9 Å². The first kappa shape index (κ1) is 24.5. The number of thiazole rings is 1. The highest BCUT2D eigenvalue weighted by molar-refractivity contribution is 7.13. The SMILES string of the molecule is Cc1cc([C@H](C(=O)N2C[C@H](O)C[C@H]2C(=O)NCc2ccc(-c3scnc3C)cc2)C(C)C)sn1. The molecule has 0 bridgehead atoms. The molecule has 0 saturated carbocycles. The fourth-order valence-electron chi connectivity index (χ4n) is 4.41. The summed E-state index contributed by atoms with van der Waals surface area (Å²) in [7, 11) is 0. The van der Waals surface area contributed by atoms with Crippen molar-refractivity contribution in [2.24, 2.45) is 5.92 Å². The molecule has 0 spiro atoms. The number of aromatic nitrogens is 2. The van der Waals surface area contributed by atoms with Crippen molar-refractivity contribution in [2.75, 3.05) is 6.54 Å². The summed E-state index contributed by atoms with van der Waals surface area (Å²) in [5.74, 6) is -0.695. The van der Waals surface area contributed by atoms with Gasteiger partial charge in [0.15, 0.2) is 0 Å². The summed E-state index contributed by atoms with van der Waals surface area (Å²) in [6.45, 7) is 8.41. The van der Waals surface area contributed by atoms with Gasteiger partial charge in [0.05, 0.1) is 33.8 Å². The van der Waals surface area contributed by atoms with Gasteiger partial charge >= 0.3 is 0 Å². The Hall–Kier alpha value is -2.62. The number of carbonyl (C=O) groups is 2. The van der Waals surface area contributed by atoms with E-state index in [1.54, 1.807) is 16.2 Å². The van der Waals surface area contributed by atoms with Crippen LogP contribution in [0.15, 0.2) is 35.8 Å². The Morgan fingerprint density at radius 2 is 1.97 bits per heavy atom. The molecule has 0 aliphatic carbocycles. The van der Waals surface area contributed by atoms with Gasteiger partial charge < -0.3 is 15.3 Å². The quantitative estimate of drug-likeness (QED) is 0.515. The van der Waals surface area contributed by atoms with E-state index in [0.29, 0.717) is 6.54 Å². The Kier molecular flexibility index (Phi) is 7.45. The predicted octanol–water partition coefficient (Wildman–Crippen LogP) is 3.90. The highest BCUT2D eigenvalue weighted by Gasteiger charge is 2.42. The first-order valence-corrected chi connectivity index (χ1v) is 13.1. The zero-order valence-electron chi connectivity index (χ0n) is 19.8. The predicted molar refractivity (Wildman–Crippen MR) is 135 cm³/mol. The van der Waals surface area contributed by atoms with Gasteiger partial charge in [-0.1, -0.05) is 38.1 Å². The lowest BCUT2D eigenvalue weighted by Crippen LogP contribution is -2.47. The minimum atomic E-state index is -0.711. The van der Waals surface area contributed by atoms with Gasteiger partial charge in [0.1, 0.15) is 6.04 Å². The number of aliphatic hydroxyl groups is 1. The van der Waals surface area contributed by atoms with Crippen LogP contribution in [0, 0.1) is 19.8 Å². The summed E-state index contributed by atoms with van der Waals surface area (Å²) >= 11 is 2.93. The Labute approximate surface area is 208 Å². The summed E-state index contributed by atoms with van der Waals surface area (Å²) in [6.07, 6.45) is -0.467. The van der Waals surface area contributed by atoms with Crippen molar-refractivity contribution in [1.29, 1.82) is 0 Å². The van der Waals surface area contributed by atoms with E-state index >= 15 is 0 Å². The summed E-state index contributed by atoms with van der Waals surface area (Å²) < 4.78 is 4.33. The lowest BCUT2D eigenvalue weighted by Gasteiger charge is -2.29. The maximum atomic E-state index is 13.5. The maximum absolute atomic E-state index is 13.5. The maximum Gasteiger partial charge on any atom is 0.243 e. The number of rotatable bonds is 7. The molecular formula is C25H30N4O3S2. The molecule has 4 rings (SSSR count). The standard InChI is InChI=1S/C25H30N4O3S2/c1-14(2)22(21-9-15(3)28-34-21)25(32)29-12-19(30)10-20(29)24(31)26-11-17-5-7-18(8-6-17)23-16(4)27-13-33-23/h5-9,13-14,19-20,22,30H,10-12H2,1-4H3,(H,26,31)/t19-,20+,22-/m1/s1. The largest absolute Gasteiger partial charge is 0.391 e. The number of nitrogens with zero attached hydrogens (tertiary/aromatic N) is 3. The minimum Gasteiger partial charge on any atom is -0.391 e. The number of β-amino-alcohol motifs (C(OH)–C–C–N with tert-alkyl or cyclic N) is 1. The van der Waals surface area contributed by atoms with Crippen LogP contribution in [0.5, 0.6) is 0 Å². The number of nitrogens with one attached hydrogen (secondary N) is 1. The molecule has 1 aromatic carbocycles. The normalized spacial score (nSPS) is 18.9. The highest BCUT2D eigenvalue weighted by atomic mass is 32.1. The van der Waals surface area contributed by atoms with E-state index < -0.39 is 12.1 Å². The molecular weight excluding hydrogens is 468 g/mol. The van der Waals surface area contributed by atoms with Crippen molar-refractivity contribution in [1.82, 2.24) is 19.6 Å². The summed E-state index contributed by atoms with van der Waals surface area (Å²) in [5, 5.41) is 13.3. The van der Waals surface area contributed by atoms with Gasteiger partial charge in [0.2, 0.25) is 11.8 Å². The van der Waals surface area contributed by atoms with Crippen molar-refractivity contribution in [2.45, 2.75) is 58.7 Å². The monoisotopic (exact) mass is 498 g/mol. The van der Waals surface area contributed by atoms with E-state index in [1.165, 1.54) is 11.5 Å². The smallest absolute Gasteiger partial charge is 0.243 e. The number of aryl methyl sites for hydroxylation is 2. The zero-order chi connectivity index (χ0) is 24.4. The molecule has 1 saturated heterocycles. The lowest BCUT2D eigenvalue weighted by molar-refractivity contribution is -0.140.